The number of ether oxygens (including phenoxy) is 1. The number of benzene rings is 2. The second kappa shape index (κ2) is 6.87. The summed E-state index contributed by atoms with van der Waals surface area (Å²) >= 11 is 0. The molecule has 1 atom stereocenters. The fourth-order valence-corrected chi connectivity index (χ4v) is 2.00. The van der Waals surface area contributed by atoms with Crippen molar-refractivity contribution in [3.8, 4) is 0 Å². The molecule has 1 amide bonds. The van der Waals surface area contributed by atoms with E-state index >= 15 is 0 Å². The maximum absolute atomic E-state index is 12.6. The highest BCUT2D eigenvalue weighted by Crippen LogP contribution is 2.17. The zero-order chi connectivity index (χ0) is 17.0. The number of hydrogen-bond donors (Lipinski definition) is 1. The Hall–Kier alpha value is -2.95. The van der Waals surface area contributed by atoms with Gasteiger partial charge in [-0.15, -0.1) is 0 Å². The standard InChI is InChI=1S/C18H17NO4/c1-11-7-9-13(10-8-11)16(20)14-5-3-4-6-15(14)18(22)23-12(2)17(19)21/h3-10,12H,1-2H3,(H2,19,21)/t12-/m1/s1. The van der Waals surface area contributed by atoms with Crippen molar-refractivity contribution in [2.24, 2.45) is 5.73 Å². The van der Waals surface area contributed by atoms with Gasteiger partial charge in [-0.1, -0.05) is 48.0 Å². The molecule has 0 aliphatic rings. The van der Waals surface area contributed by atoms with Crippen LogP contribution in [0.4, 0.5) is 0 Å². The first-order chi connectivity index (χ1) is 10.9. The number of esters is 1. The molecule has 118 valence electrons. The van der Waals surface area contributed by atoms with Gasteiger partial charge in [0.1, 0.15) is 0 Å². The maximum atomic E-state index is 12.6. The summed E-state index contributed by atoms with van der Waals surface area (Å²) in [5, 5.41) is 0. The average Bonchev–Trinajstić information content (AvgIpc) is 2.54. The van der Waals surface area contributed by atoms with Crippen LogP contribution in [0.2, 0.25) is 0 Å². The van der Waals surface area contributed by atoms with Crippen molar-refractivity contribution in [1.82, 2.24) is 0 Å². The highest BCUT2D eigenvalue weighted by molar-refractivity contribution is 6.14. The van der Waals surface area contributed by atoms with E-state index in [-0.39, 0.29) is 16.9 Å². The van der Waals surface area contributed by atoms with Crippen LogP contribution in [0.1, 0.15) is 38.8 Å². The molecule has 2 aromatic rings. The summed E-state index contributed by atoms with van der Waals surface area (Å²) in [5.74, 6) is -1.79. The number of amides is 1. The van der Waals surface area contributed by atoms with E-state index in [0.717, 1.165) is 5.56 Å². The van der Waals surface area contributed by atoms with Crippen molar-refractivity contribution < 1.29 is 19.1 Å². The molecule has 0 aliphatic carbocycles. The molecular weight excluding hydrogens is 294 g/mol. The molecule has 0 heterocycles. The van der Waals surface area contributed by atoms with E-state index in [0.29, 0.717) is 5.56 Å². The normalized spacial score (nSPS) is 11.6. The minimum atomic E-state index is -1.06. The number of primary amides is 1. The van der Waals surface area contributed by atoms with Crippen LogP contribution in [0, 0.1) is 6.92 Å². The van der Waals surface area contributed by atoms with E-state index in [9.17, 15) is 14.4 Å². The zero-order valence-electron chi connectivity index (χ0n) is 12.9. The van der Waals surface area contributed by atoms with E-state index in [4.69, 9.17) is 10.5 Å². The minimum absolute atomic E-state index is 0.103. The lowest BCUT2D eigenvalue weighted by molar-refractivity contribution is -0.125. The van der Waals surface area contributed by atoms with Crippen molar-refractivity contribution in [3.63, 3.8) is 0 Å². The van der Waals surface area contributed by atoms with Crippen molar-refractivity contribution in [2.75, 3.05) is 0 Å². The maximum Gasteiger partial charge on any atom is 0.339 e. The molecule has 0 radical (unpaired) electrons. The Morgan fingerprint density at radius 1 is 0.957 bits per heavy atom. The van der Waals surface area contributed by atoms with Gasteiger partial charge >= 0.3 is 5.97 Å². The number of nitrogens with two attached hydrogens (primary N) is 1. The van der Waals surface area contributed by atoms with Gasteiger partial charge in [0.05, 0.1) is 5.56 Å². The lowest BCUT2D eigenvalue weighted by Gasteiger charge is -2.12. The average molecular weight is 311 g/mol. The molecule has 5 heteroatoms. The van der Waals surface area contributed by atoms with E-state index in [1.54, 1.807) is 30.3 Å². The SMILES string of the molecule is Cc1ccc(C(=O)c2ccccc2C(=O)O[C@H](C)C(N)=O)cc1. The van der Waals surface area contributed by atoms with Crippen LogP contribution in [0.3, 0.4) is 0 Å². The molecule has 0 fully saturated rings. The smallest absolute Gasteiger partial charge is 0.339 e. The van der Waals surface area contributed by atoms with Crippen molar-refractivity contribution in [2.45, 2.75) is 20.0 Å². The van der Waals surface area contributed by atoms with Crippen molar-refractivity contribution >= 4 is 17.7 Å². The van der Waals surface area contributed by atoms with Gasteiger partial charge in [0, 0.05) is 11.1 Å². The fraction of sp³-hybridized carbons (Fsp3) is 0.167. The highest BCUT2D eigenvalue weighted by Gasteiger charge is 2.22. The predicted molar refractivity (Wildman–Crippen MR) is 85.1 cm³/mol. The van der Waals surface area contributed by atoms with E-state index < -0.39 is 18.0 Å². The van der Waals surface area contributed by atoms with Gasteiger partial charge in [-0.2, -0.15) is 0 Å². The summed E-state index contributed by atoms with van der Waals surface area (Å²) in [6, 6.07) is 13.4. The summed E-state index contributed by atoms with van der Waals surface area (Å²) in [7, 11) is 0. The van der Waals surface area contributed by atoms with Crippen LogP contribution in [0.5, 0.6) is 0 Å². The molecule has 0 unspecified atom stereocenters. The second-order valence-corrected chi connectivity index (χ2v) is 5.19. The van der Waals surface area contributed by atoms with E-state index in [2.05, 4.69) is 0 Å². The lowest BCUT2D eigenvalue weighted by atomic mass is 9.98. The zero-order valence-corrected chi connectivity index (χ0v) is 12.9. The van der Waals surface area contributed by atoms with E-state index in [1.165, 1.54) is 13.0 Å². The number of rotatable bonds is 5. The topological polar surface area (TPSA) is 86.5 Å². The van der Waals surface area contributed by atoms with Gasteiger partial charge in [0.25, 0.3) is 5.91 Å². The van der Waals surface area contributed by atoms with Crippen molar-refractivity contribution in [1.29, 1.82) is 0 Å². The largest absolute Gasteiger partial charge is 0.449 e. The third kappa shape index (κ3) is 3.83. The Kier molecular flexibility index (Phi) is 4.91. The Balaban J connectivity index is 2.33. The molecule has 23 heavy (non-hydrogen) atoms. The van der Waals surface area contributed by atoms with Gasteiger partial charge < -0.3 is 10.5 Å². The first-order valence-electron chi connectivity index (χ1n) is 7.11. The molecule has 0 spiro atoms. The second-order valence-electron chi connectivity index (χ2n) is 5.19. The quantitative estimate of drug-likeness (QED) is 0.678. The van der Waals surface area contributed by atoms with Gasteiger partial charge in [-0.3, -0.25) is 9.59 Å². The molecule has 2 rings (SSSR count). The Morgan fingerprint density at radius 2 is 1.52 bits per heavy atom. The summed E-state index contributed by atoms with van der Waals surface area (Å²) < 4.78 is 4.98. The first-order valence-corrected chi connectivity index (χ1v) is 7.11. The third-order valence-corrected chi connectivity index (χ3v) is 3.39. The third-order valence-electron chi connectivity index (χ3n) is 3.39. The molecule has 0 saturated carbocycles. The van der Waals surface area contributed by atoms with Crippen LogP contribution in [0.15, 0.2) is 48.5 Å². The summed E-state index contributed by atoms with van der Waals surface area (Å²) in [4.78, 5) is 35.8. The Bertz CT molecular complexity index is 750. The molecule has 0 aliphatic heterocycles. The number of ketones is 1. The number of hydrogen-bond acceptors (Lipinski definition) is 4. The Labute approximate surface area is 134 Å². The van der Waals surface area contributed by atoms with Crippen LogP contribution in [0.25, 0.3) is 0 Å². The molecule has 2 aromatic carbocycles. The summed E-state index contributed by atoms with van der Waals surface area (Å²) in [5.41, 5.74) is 6.91. The summed E-state index contributed by atoms with van der Waals surface area (Å²) in [6.45, 7) is 3.30. The number of carbonyl (C=O) groups excluding carboxylic acids is 3. The lowest BCUT2D eigenvalue weighted by Crippen LogP contribution is -2.30. The number of carbonyl (C=O) groups is 3. The van der Waals surface area contributed by atoms with Gasteiger partial charge in [0.2, 0.25) is 0 Å². The molecule has 0 aromatic heterocycles. The molecule has 5 nitrogen and oxygen atoms in total. The van der Waals surface area contributed by atoms with Crippen LogP contribution < -0.4 is 5.73 Å². The van der Waals surface area contributed by atoms with Crippen LogP contribution >= 0.6 is 0 Å². The molecule has 2 N–H and O–H groups in total. The summed E-state index contributed by atoms with van der Waals surface area (Å²) in [6.07, 6.45) is -1.06. The van der Waals surface area contributed by atoms with E-state index in [1.807, 2.05) is 19.1 Å². The van der Waals surface area contributed by atoms with Gasteiger partial charge in [-0.05, 0) is 19.9 Å². The predicted octanol–water partition coefficient (Wildman–Crippen LogP) is 2.26. The van der Waals surface area contributed by atoms with Gasteiger partial charge in [0.15, 0.2) is 11.9 Å². The molecule has 0 bridgehead atoms. The highest BCUT2D eigenvalue weighted by atomic mass is 16.5. The molecule has 0 saturated heterocycles. The van der Waals surface area contributed by atoms with Crippen molar-refractivity contribution in [3.05, 3.63) is 70.8 Å². The Morgan fingerprint density at radius 3 is 2.09 bits per heavy atom. The number of aryl methyl sites for hydroxylation is 1. The van der Waals surface area contributed by atoms with Crippen LogP contribution in [-0.4, -0.2) is 23.8 Å². The minimum Gasteiger partial charge on any atom is -0.449 e. The fourth-order valence-electron chi connectivity index (χ4n) is 2.00. The first kappa shape index (κ1) is 16.4. The van der Waals surface area contributed by atoms with Crippen LogP contribution in [-0.2, 0) is 9.53 Å². The molecular formula is C18H17NO4. The van der Waals surface area contributed by atoms with Gasteiger partial charge in [-0.25, -0.2) is 4.79 Å². The monoisotopic (exact) mass is 311 g/mol.